The van der Waals surface area contributed by atoms with Crippen molar-refractivity contribution in [3.8, 4) is 5.75 Å². The lowest BCUT2D eigenvalue weighted by Crippen LogP contribution is -2.35. The first-order valence-corrected chi connectivity index (χ1v) is 7.91. The molecular weight excluding hydrogens is 290 g/mol. The van der Waals surface area contributed by atoms with Crippen LogP contribution in [0.3, 0.4) is 0 Å². The summed E-state index contributed by atoms with van der Waals surface area (Å²) in [5.41, 5.74) is 13.9. The molecule has 0 spiro atoms. The first-order chi connectivity index (χ1) is 11.1. The number of nitrogens with two attached hydrogens (primary N) is 2. The van der Waals surface area contributed by atoms with Gasteiger partial charge >= 0.3 is 0 Å². The summed E-state index contributed by atoms with van der Waals surface area (Å²) in [4.78, 5) is 8.59. The molecule has 0 aliphatic heterocycles. The molecule has 6 nitrogen and oxygen atoms in total. The van der Waals surface area contributed by atoms with Gasteiger partial charge in [0.1, 0.15) is 11.6 Å². The predicted molar refractivity (Wildman–Crippen MR) is 91.6 cm³/mol. The Morgan fingerprint density at radius 3 is 2.83 bits per heavy atom. The maximum Gasteiger partial charge on any atom is 0.222 e. The van der Waals surface area contributed by atoms with Crippen LogP contribution in [0.25, 0.3) is 0 Å². The van der Waals surface area contributed by atoms with Gasteiger partial charge in [0.25, 0.3) is 0 Å². The van der Waals surface area contributed by atoms with Crippen molar-refractivity contribution in [3.05, 3.63) is 41.6 Å². The monoisotopic (exact) mass is 313 g/mol. The molecule has 1 heterocycles. The van der Waals surface area contributed by atoms with E-state index in [0.717, 1.165) is 43.1 Å². The Bertz CT molecular complexity index is 670. The molecule has 6 heteroatoms. The van der Waals surface area contributed by atoms with Crippen LogP contribution in [-0.2, 0) is 6.42 Å². The lowest BCUT2D eigenvalue weighted by molar-refractivity contribution is 0.345. The quantitative estimate of drug-likeness (QED) is 0.753. The number of nitrogens with one attached hydrogen (secondary N) is 1. The molecule has 0 atom stereocenters. The van der Waals surface area contributed by atoms with Crippen LogP contribution in [0, 0.1) is 0 Å². The van der Waals surface area contributed by atoms with E-state index in [2.05, 4.69) is 21.4 Å². The van der Waals surface area contributed by atoms with E-state index in [1.807, 2.05) is 24.3 Å². The Hall–Kier alpha value is -2.34. The van der Waals surface area contributed by atoms with Crippen LogP contribution < -0.4 is 21.5 Å². The summed E-state index contributed by atoms with van der Waals surface area (Å²) >= 11 is 0. The van der Waals surface area contributed by atoms with Gasteiger partial charge in [-0.3, -0.25) is 0 Å². The molecule has 0 saturated heterocycles. The normalized spacial score (nSPS) is 19.9. The second-order valence-corrected chi connectivity index (χ2v) is 5.99. The van der Waals surface area contributed by atoms with Gasteiger partial charge < -0.3 is 21.5 Å². The average molecular weight is 313 g/mol. The summed E-state index contributed by atoms with van der Waals surface area (Å²) < 4.78 is 5.24. The fourth-order valence-corrected chi connectivity index (χ4v) is 2.85. The molecule has 3 rings (SSSR count). The van der Waals surface area contributed by atoms with Gasteiger partial charge in [0.2, 0.25) is 5.95 Å². The highest BCUT2D eigenvalue weighted by molar-refractivity contribution is 5.42. The molecule has 1 aliphatic carbocycles. The number of hydrogen-bond donors (Lipinski definition) is 3. The number of nitrogen functional groups attached to an aromatic ring is 1. The number of hydrogen-bond acceptors (Lipinski definition) is 6. The molecule has 2 aromatic rings. The number of aromatic nitrogens is 2. The van der Waals surface area contributed by atoms with Gasteiger partial charge in [-0.15, -0.1) is 0 Å². The number of rotatable bonds is 6. The van der Waals surface area contributed by atoms with Crippen molar-refractivity contribution >= 4 is 11.8 Å². The van der Waals surface area contributed by atoms with Crippen LogP contribution in [-0.4, -0.2) is 29.7 Å². The molecule has 0 radical (unpaired) electrons. The molecule has 122 valence electrons. The van der Waals surface area contributed by atoms with E-state index in [1.165, 1.54) is 5.56 Å². The number of anilines is 2. The van der Waals surface area contributed by atoms with Gasteiger partial charge in [0.05, 0.1) is 12.8 Å². The van der Waals surface area contributed by atoms with Gasteiger partial charge in [-0.1, -0.05) is 12.1 Å². The molecule has 1 saturated carbocycles. The molecule has 1 aromatic heterocycles. The predicted octanol–water partition coefficient (Wildman–Crippen LogP) is 1.93. The first kappa shape index (κ1) is 15.6. The average Bonchev–Trinajstić information content (AvgIpc) is 2.51. The molecule has 0 amide bonds. The summed E-state index contributed by atoms with van der Waals surface area (Å²) in [6, 6.07) is 10.3. The van der Waals surface area contributed by atoms with Crippen molar-refractivity contribution in [1.29, 1.82) is 0 Å². The van der Waals surface area contributed by atoms with E-state index >= 15 is 0 Å². The van der Waals surface area contributed by atoms with E-state index < -0.39 is 0 Å². The van der Waals surface area contributed by atoms with E-state index in [4.69, 9.17) is 16.2 Å². The van der Waals surface area contributed by atoms with E-state index in [1.54, 1.807) is 7.11 Å². The van der Waals surface area contributed by atoms with Crippen LogP contribution >= 0.6 is 0 Å². The van der Waals surface area contributed by atoms with Crippen LogP contribution in [0.1, 0.15) is 30.0 Å². The van der Waals surface area contributed by atoms with Gasteiger partial charge in [0, 0.05) is 24.6 Å². The van der Waals surface area contributed by atoms with Crippen molar-refractivity contribution in [2.24, 2.45) is 5.73 Å². The zero-order valence-electron chi connectivity index (χ0n) is 13.3. The summed E-state index contributed by atoms with van der Waals surface area (Å²) in [6.07, 6.45) is 2.82. The second kappa shape index (κ2) is 6.83. The Morgan fingerprint density at radius 1 is 1.26 bits per heavy atom. The zero-order chi connectivity index (χ0) is 16.2. The van der Waals surface area contributed by atoms with E-state index in [9.17, 15) is 0 Å². The zero-order valence-corrected chi connectivity index (χ0v) is 13.3. The summed E-state index contributed by atoms with van der Waals surface area (Å²) in [5.74, 6) is 2.37. The third-order valence-corrected chi connectivity index (χ3v) is 4.21. The molecule has 5 N–H and O–H groups in total. The fourth-order valence-electron chi connectivity index (χ4n) is 2.85. The minimum Gasteiger partial charge on any atom is -0.497 e. The van der Waals surface area contributed by atoms with Crippen LogP contribution in [0.2, 0.25) is 0 Å². The molecule has 23 heavy (non-hydrogen) atoms. The highest BCUT2D eigenvalue weighted by Crippen LogP contribution is 2.35. The van der Waals surface area contributed by atoms with Crippen LogP contribution in [0.5, 0.6) is 5.75 Å². The first-order valence-electron chi connectivity index (χ1n) is 7.91. The molecule has 1 fully saturated rings. The highest BCUT2D eigenvalue weighted by Gasteiger charge is 2.29. The van der Waals surface area contributed by atoms with Gasteiger partial charge in [-0.2, -0.15) is 4.98 Å². The van der Waals surface area contributed by atoms with Crippen molar-refractivity contribution in [1.82, 2.24) is 9.97 Å². The molecular formula is C17H23N5O. The minimum absolute atomic E-state index is 0.292. The van der Waals surface area contributed by atoms with Crippen LogP contribution in [0.15, 0.2) is 30.3 Å². The van der Waals surface area contributed by atoms with Crippen molar-refractivity contribution in [2.45, 2.75) is 31.2 Å². The lowest BCUT2D eigenvalue weighted by atomic mass is 9.78. The maximum absolute atomic E-state index is 5.85. The summed E-state index contributed by atoms with van der Waals surface area (Å²) in [6.45, 7) is 0.771. The second-order valence-electron chi connectivity index (χ2n) is 5.99. The van der Waals surface area contributed by atoms with Gasteiger partial charge in [-0.25, -0.2) is 4.98 Å². The number of ether oxygens (including phenoxy) is 1. The molecule has 1 aliphatic rings. The maximum atomic E-state index is 5.85. The molecule has 1 aromatic carbocycles. The third-order valence-electron chi connectivity index (χ3n) is 4.21. The Morgan fingerprint density at radius 2 is 2.09 bits per heavy atom. The summed E-state index contributed by atoms with van der Waals surface area (Å²) in [7, 11) is 1.68. The molecule has 0 unspecified atom stereocenters. The Kier molecular flexibility index (Phi) is 4.62. The Balaban J connectivity index is 1.59. The number of nitrogens with zero attached hydrogens (tertiary/aromatic N) is 2. The van der Waals surface area contributed by atoms with Gasteiger partial charge in [-0.05, 0) is 37.0 Å². The lowest BCUT2D eigenvalue weighted by Gasteiger charge is -2.32. The summed E-state index contributed by atoms with van der Waals surface area (Å²) in [5, 5.41) is 3.32. The highest BCUT2D eigenvalue weighted by atomic mass is 16.5. The molecule has 0 bridgehead atoms. The topological polar surface area (TPSA) is 99.1 Å². The van der Waals surface area contributed by atoms with Crippen LogP contribution in [0.4, 0.5) is 11.8 Å². The van der Waals surface area contributed by atoms with Crippen molar-refractivity contribution in [3.63, 3.8) is 0 Å². The van der Waals surface area contributed by atoms with Crippen molar-refractivity contribution < 1.29 is 4.74 Å². The minimum atomic E-state index is 0.292. The fraction of sp³-hybridized carbons (Fsp3) is 0.412. The third kappa shape index (κ3) is 3.90. The van der Waals surface area contributed by atoms with Gasteiger partial charge in [0.15, 0.2) is 0 Å². The largest absolute Gasteiger partial charge is 0.497 e. The van der Waals surface area contributed by atoms with E-state index in [0.29, 0.717) is 17.9 Å². The van der Waals surface area contributed by atoms with E-state index in [-0.39, 0.29) is 0 Å². The Labute approximate surface area is 136 Å². The smallest absolute Gasteiger partial charge is 0.222 e. The standard InChI is InChI=1S/C17H23N5O/c1-23-14-4-2-3-11(7-14)5-6-20-16-10-15(21-17(19)22-16)12-8-13(18)9-12/h2-4,7,10,12-13H,5-6,8-9,18H2,1H3,(H3,19,20,21,22). The number of benzene rings is 1. The SMILES string of the molecule is COc1cccc(CCNc2cc(C3CC(N)C3)nc(N)n2)c1. The number of methoxy groups -OCH3 is 1. The van der Waals surface area contributed by atoms with Crippen molar-refractivity contribution in [2.75, 3.05) is 24.7 Å².